The van der Waals surface area contributed by atoms with Gasteiger partial charge < -0.3 is 5.73 Å². The zero-order valence-corrected chi connectivity index (χ0v) is 12.1. The highest BCUT2D eigenvalue weighted by atomic mass is 35.5. The van der Waals surface area contributed by atoms with E-state index in [2.05, 4.69) is 30.9 Å². The van der Waals surface area contributed by atoms with Crippen molar-refractivity contribution >= 4 is 11.6 Å². The number of rotatable bonds is 3. The minimum Gasteiger partial charge on any atom is -0.329 e. The van der Waals surface area contributed by atoms with E-state index in [0.717, 1.165) is 18.1 Å². The molecule has 1 aliphatic heterocycles. The summed E-state index contributed by atoms with van der Waals surface area (Å²) in [4.78, 5) is 2.52. The van der Waals surface area contributed by atoms with E-state index in [4.69, 9.17) is 17.3 Å². The normalized spacial score (nSPS) is 21.8. The molecule has 1 unspecified atom stereocenters. The quantitative estimate of drug-likeness (QED) is 0.908. The van der Waals surface area contributed by atoms with Crippen LogP contribution >= 0.6 is 11.6 Å². The molecule has 1 aromatic carbocycles. The van der Waals surface area contributed by atoms with Gasteiger partial charge in [0, 0.05) is 24.2 Å². The average molecular weight is 267 g/mol. The Balaban J connectivity index is 2.15. The van der Waals surface area contributed by atoms with Gasteiger partial charge in [0.05, 0.1) is 0 Å². The van der Waals surface area contributed by atoms with Crippen LogP contribution in [0.15, 0.2) is 24.3 Å². The zero-order chi connectivity index (χ0) is 13.2. The molecule has 0 spiro atoms. The van der Waals surface area contributed by atoms with Crippen molar-refractivity contribution in [2.45, 2.75) is 32.7 Å². The Morgan fingerprint density at radius 3 is 2.56 bits per heavy atom. The maximum Gasteiger partial charge on any atom is 0.0470 e. The van der Waals surface area contributed by atoms with E-state index in [9.17, 15) is 0 Å². The minimum atomic E-state index is 0.321. The van der Waals surface area contributed by atoms with Crippen molar-refractivity contribution in [3.8, 4) is 0 Å². The molecule has 2 N–H and O–H groups in total. The topological polar surface area (TPSA) is 29.3 Å². The lowest BCUT2D eigenvalue weighted by molar-refractivity contribution is 0.0807. The highest BCUT2D eigenvalue weighted by Crippen LogP contribution is 2.33. The number of halogens is 1. The third-order valence-electron chi connectivity index (χ3n) is 3.85. The SMILES string of the molecule is CC1(C)CCCN(C(CN)c2ccc(Cl)cc2)C1. The second-order valence-electron chi connectivity index (χ2n) is 6.04. The molecular weight excluding hydrogens is 244 g/mol. The molecule has 1 aromatic rings. The summed E-state index contributed by atoms with van der Waals surface area (Å²) in [6.07, 6.45) is 2.57. The first-order valence-corrected chi connectivity index (χ1v) is 7.09. The number of piperidine rings is 1. The van der Waals surface area contributed by atoms with Gasteiger partial charge in [-0.15, -0.1) is 0 Å². The number of likely N-dealkylation sites (tertiary alicyclic amines) is 1. The molecule has 0 aliphatic carbocycles. The van der Waals surface area contributed by atoms with Gasteiger partial charge in [0.25, 0.3) is 0 Å². The Kier molecular flexibility index (Phi) is 4.31. The van der Waals surface area contributed by atoms with Crippen LogP contribution in [0.5, 0.6) is 0 Å². The van der Waals surface area contributed by atoms with E-state index in [0.29, 0.717) is 18.0 Å². The van der Waals surface area contributed by atoms with Gasteiger partial charge in [-0.2, -0.15) is 0 Å². The lowest BCUT2D eigenvalue weighted by Crippen LogP contribution is -2.44. The van der Waals surface area contributed by atoms with Crippen LogP contribution in [0.1, 0.15) is 38.3 Å². The van der Waals surface area contributed by atoms with Gasteiger partial charge in [-0.05, 0) is 42.5 Å². The predicted octanol–water partition coefficient (Wildman–Crippen LogP) is 3.46. The molecule has 2 nitrogen and oxygen atoms in total. The van der Waals surface area contributed by atoms with Crippen molar-refractivity contribution < 1.29 is 0 Å². The van der Waals surface area contributed by atoms with Crippen LogP contribution < -0.4 is 5.73 Å². The summed E-state index contributed by atoms with van der Waals surface area (Å²) in [5, 5.41) is 0.786. The monoisotopic (exact) mass is 266 g/mol. The number of hydrogen-bond donors (Lipinski definition) is 1. The molecule has 2 rings (SSSR count). The van der Waals surface area contributed by atoms with Crippen molar-refractivity contribution in [1.29, 1.82) is 0 Å². The standard InChI is InChI=1S/C15H23ClN2/c1-15(2)8-3-9-18(11-15)14(10-17)12-4-6-13(16)7-5-12/h4-7,14H,3,8-11,17H2,1-2H3. The Morgan fingerprint density at radius 2 is 2.00 bits per heavy atom. The summed E-state index contributed by atoms with van der Waals surface area (Å²) in [6, 6.07) is 8.42. The molecular formula is C15H23ClN2. The molecule has 1 fully saturated rings. The molecule has 3 heteroatoms. The Hall–Kier alpha value is -0.570. The lowest BCUT2D eigenvalue weighted by atomic mass is 9.83. The fraction of sp³-hybridized carbons (Fsp3) is 0.600. The van der Waals surface area contributed by atoms with Crippen LogP contribution in [-0.4, -0.2) is 24.5 Å². The number of nitrogens with two attached hydrogens (primary N) is 1. The van der Waals surface area contributed by atoms with Gasteiger partial charge in [0.2, 0.25) is 0 Å². The van der Waals surface area contributed by atoms with Gasteiger partial charge in [-0.3, -0.25) is 4.90 Å². The van der Waals surface area contributed by atoms with Crippen molar-refractivity contribution in [3.63, 3.8) is 0 Å². The van der Waals surface area contributed by atoms with E-state index in [-0.39, 0.29) is 0 Å². The van der Waals surface area contributed by atoms with Crippen LogP contribution in [0.4, 0.5) is 0 Å². The fourth-order valence-corrected chi connectivity index (χ4v) is 3.04. The number of nitrogens with zero attached hydrogens (tertiary/aromatic N) is 1. The summed E-state index contributed by atoms with van der Waals surface area (Å²) in [5.41, 5.74) is 7.67. The molecule has 0 aromatic heterocycles. The van der Waals surface area contributed by atoms with E-state index in [1.807, 2.05) is 12.1 Å². The molecule has 1 saturated heterocycles. The van der Waals surface area contributed by atoms with Gasteiger partial charge >= 0.3 is 0 Å². The van der Waals surface area contributed by atoms with Crippen LogP contribution in [0.3, 0.4) is 0 Å². The molecule has 0 saturated carbocycles. The molecule has 1 aliphatic rings. The van der Waals surface area contributed by atoms with Crippen molar-refractivity contribution in [3.05, 3.63) is 34.9 Å². The van der Waals surface area contributed by atoms with Crippen molar-refractivity contribution in [1.82, 2.24) is 4.90 Å². The molecule has 0 bridgehead atoms. The van der Waals surface area contributed by atoms with E-state index in [1.165, 1.54) is 18.4 Å². The zero-order valence-electron chi connectivity index (χ0n) is 11.3. The number of benzene rings is 1. The summed E-state index contributed by atoms with van der Waals surface area (Å²) >= 11 is 5.95. The first-order chi connectivity index (χ1) is 8.52. The van der Waals surface area contributed by atoms with Crippen LogP contribution in [0.2, 0.25) is 5.02 Å². The Labute approximate surface area is 115 Å². The molecule has 1 atom stereocenters. The van der Waals surface area contributed by atoms with Gasteiger partial charge in [0.1, 0.15) is 0 Å². The minimum absolute atomic E-state index is 0.321. The first-order valence-electron chi connectivity index (χ1n) is 6.71. The maximum absolute atomic E-state index is 5.99. The summed E-state index contributed by atoms with van der Waals surface area (Å²) in [6.45, 7) is 7.62. The Bertz CT molecular complexity index is 386. The van der Waals surface area contributed by atoms with Crippen LogP contribution in [0.25, 0.3) is 0 Å². The second kappa shape index (κ2) is 5.60. The third-order valence-corrected chi connectivity index (χ3v) is 4.10. The van der Waals surface area contributed by atoms with Crippen molar-refractivity contribution in [2.75, 3.05) is 19.6 Å². The Morgan fingerprint density at radius 1 is 1.33 bits per heavy atom. The van der Waals surface area contributed by atoms with E-state index < -0.39 is 0 Å². The summed E-state index contributed by atoms with van der Waals surface area (Å²) in [7, 11) is 0. The van der Waals surface area contributed by atoms with Gasteiger partial charge in [0.15, 0.2) is 0 Å². The second-order valence-corrected chi connectivity index (χ2v) is 6.48. The van der Waals surface area contributed by atoms with Crippen molar-refractivity contribution in [2.24, 2.45) is 11.1 Å². The fourth-order valence-electron chi connectivity index (χ4n) is 2.92. The lowest BCUT2D eigenvalue weighted by Gasteiger charge is -2.42. The molecule has 100 valence electrons. The van der Waals surface area contributed by atoms with Gasteiger partial charge in [-0.25, -0.2) is 0 Å². The van der Waals surface area contributed by atoms with Gasteiger partial charge in [-0.1, -0.05) is 37.6 Å². The summed E-state index contributed by atoms with van der Waals surface area (Å²) < 4.78 is 0. The maximum atomic E-state index is 5.99. The average Bonchev–Trinajstić information content (AvgIpc) is 2.31. The van der Waals surface area contributed by atoms with E-state index >= 15 is 0 Å². The highest BCUT2D eigenvalue weighted by Gasteiger charge is 2.30. The van der Waals surface area contributed by atoms with Crippen LogP contribution in [0, 0.1) is 5.41 Å². The van der Waals surface area contributed by atoms with Crippen LogP contribution in [-0.2, 0) is 0 Å². The molecule has 0 radical (unpaired) electrons. The predicted molar refractivity (Wildman–Crippen MR) is 77.8 cm³/mol. The first kappa shape index (κ1) is 13.9. The highest BCUT2D eigenvalue weighted by molar-refractivity contribution is 6.30. The van der Waals surface area contributed by atoms with E-state index in [1.54, 1.807) is 0 Å². The third kappa shape index (κ3) is 3.25. The summed E-state index contributed by atoms with van der Waals surface area (Å²) in [5.74, 6) is 0. The largest absolute Gasteiger partial charge is 0.329 e. The molecule has 0 amide bonds. The number of hydrogen-bond acceptors (Lipinski definition) is 2. The molecule has 18 heavy (non-hydrogen) atoms. The smallest absolute Gasteiger partial charge is 0.0470 e. The molecule has 1 heterocycles.